The number of rotatable bonds is 14. The molecule has 0 aromatic carbocycles. The first-order valence-corrected chi connectivity index (χ1v) is 12.1. The molecule has 13 nitrogen and oxygen atoms in total. The zero-order chi connectivity index (χ0) is 27.6. The van der Waals surface area contributed by atoms with Gasteiger partial charge in [0.25, 0.3) is 0 Å². The highest BCUT2D eigenvalue weighted by Crippen LogP contribution is 2.21. The van der Waals surface area contributed by atoms with Crippen molar-refractivity contribution < 1.29 is 43.8 Å². The summed E-state index contributed by atoms with van der Waals surface area (Å²) in [5, 5.41) is 24.6. The number of carboxylic acid groups (broad SMARTS) is 2. The molecule has 5 N–H and O–H groups in total. The lowest BCUT2D eigenvalue weighted by molar-refractivity contribution is -0.144. The first-order valence-electron chi connectivity index (χ1n) is 11.6. The van der Waals surface area contributed by atoms with E-state index in [1.807, 2.05) is 6.92 Å². The summed E-state index contributed by atoms with van der Waals surface area (Å²) < 4.78 is 0. The molecule has 202 valence electrons. The molecule has 5 atom stereocenters. The van der Waals surface area contributed by atoms with E-state index in [0.717, 1.165) is 0 Å². The molecule has 1 aliphatic heterocycles. The Labute approximate surface area is 214 Å². The van der Waals surface area contributed by atoms with Crippen molar-refractivity contribution in [1.29, 1.82) is 0 Å². The molecule has 0 aromatic rings. The van der Waals surface area contributed by atoms with Crippen LogP contribution in [0.25, 0.3) is 0 Å². The Morgan fingerprint density at radius 3 is 2.14 bits per heavy atom. The molecule has 0 saturated carbocycles. The van der Waals surface area contributed by atoms with Crippen LogP contribution in [0.5, 0.6) is 0 Å². The Hall–Kier alpha value is -3.16. The van der Waals surface area contributed by atoms with Gasteiger partial charge in [-0.1, -0.05) is 20.3 Å². The van der Waals surface area contributed by atoms with Gasteiger partial charge >= 0.3 is 11.9 Å². The minimum atomic E-state index is -1.40. The van der Waals surface area contributed by atoms with Gasteiger partial charge in [0, 0.05) is 19.9 Å². The zero-order valence-corrected chi connectivity index (χ0v) is 21.4. The molecule has 0 bridgehead atoms. The maximum atomic E-state index is 13.4. The van der Waals surface area contributed by atoms with Crippen LogP contribution in [0.15, 0.2) is 0 Å². The summed E-state index contributed by atoms with van der Waals surface area (Å²) in [6.07, 6.45) is -0.199. The van der Waals surface area contributed by atoms with E-state index in [4.69, 9.17) is 10.2 Å². The average Bonchev–Trinajstić information content (AvgIpc) is 3.28. The molecule has 1 fully saturated rings. The van der Waals surface area contributed by atoms with Gasteiger partial charge in [-0.3, -0.25) is 33.6 Å². The topological polar surface area (TPSA) is 199 Å². The summed E-state index contributed by atoms with van der Waals surface area (Å²) in [6, 6.07) is -4.69. The van der Waals surface area contributed by atoms with Crippen molar-refractivity contribution in [3.8, 4) is 0 Å². The summed E-state index contributed by atoms with van der Waals surface area (Å²) in [5.74, 6) is -5.36. The average molecular weight is 531 g/mol. The lowest BCUT2D eigenvalue weighted by Gasteiger charge is -2.31. The van der Waals surface area contributed by atoms with Crippen molar-refractivity contribution in [1.82, 2.24) is 20.9 Å². The third-order valence-electron chi connectivity index (χ3n) is 5.95. The molecule has 14 heteroatoms. The van der Waals surface area contributed by atoms with Crippen LogP contribution in [-0.4, -0.2) is 86.5 Å². The standard InChI is InChI=1S/C22H34N4O9S/c1-4-11(2)18(23-12(3)27)20(33)24-13(7-8-16(28)29)21(34)26-9-5-6-15(26)19(32)25-14(22(35)36)10-17(30)31/h11,13-15,18H,4-10H2,1-3H3,(H,23,27)(H,24,33)(H,25,32)(H,28,29)(H,30,31)(H,35,36)/t11-,13-,14-,15-,18-/m0/s1. The molecule has 1 rings (SSSR count). The van der Waals surface area contributed by atoms with Crippen molar-refractivity contribution in [3.05, 3.63) is 0 Å². The monoisotopic (exact) mass is 530 g/mol. The van der Waals surface area contributed by atoms with Crippen molar-refractivity contribution >= 4 is 53.3 Å². The normalized spacial score (nSPS) is 18.3. The second-order valence-corrected chi connectivity index (χ2v) is 9.19. The van der Waals surface area contributed by atoms with Gasteiger partial charge in [-0.15, -0.1) is 12.6 Å². The number of carbonyl (C=O) groups excluding carboxylic acids is 5. The van der Waals surface area contributed by atoms with Gasteiger partial charge < -0.3 is 31.1 Å². The van der Waals surface area contributed by atoms with E-state index in [1.165, 1.54) is 11.8 Å². The predicted octanol–water partition coefficient (Wildman–Crippen LogP) is -0.706. The smallest absolute Gasteiger partial charge is 0.305 e. The third kappa shape index (κ3) is 9.47. The van der Waals surface area contributed by atoms with E-state index in [-0.39, 0.29) is 25.3 Å². The summed E-state index contributed by atoms with van der Waals surface area (Å²) in [5.41, 5.74) is 0. The van der Waals surface area contributed by atoms with Gasteiger partial charge in [0.1, 0.15) is 24.2 Å². The fourth-order valence-corrected chi connectivity index (χ4v) is 4.01. The van der Waals surface area contributed by atoms with E-state index >= 15 is 0 Å². The van der Waals surface area contributed by atoms with Gasteiger partial charge in [0.2, 0.25) is 28.7 Å². The van der Waals surface area contributed by atoms with E-state index in [2.05, 4.69) is 28.6 Å². The minimum absolute atomic E-state index is 0.134. The second kappa shape index (κ2) is 14.4. The zero-order valence-electron chi connectivity index (χ0n) is 20.5. The van der Waals surface area contributed by atoms with Crippen LogP contribution in [-0.2, 0) is 33.6 Å². The molecule has 0 aromatic heterocycles. The number of hydrogen-bond donors (Lipinski definition) is 6. The maximum absolute atomic E-state index is 13.4. The fourth-order valence-electron chi connectivity index (χ4n) is 3.85. The molecule has 36 heavy (non-hydrogen) atoms. The Bertz CT molecular complexity index is 882. The van der Waals surface area contributed by atoms with Crippen molar-refractivity contribution in [2.75, 3.05) is 6.54 Å². The molecule has 0 aliphatic carbocycles. The van der Waals surface area contributed by atoms with Gasteiger partial charge in [0.15, 0.2) is 0 Å². The van der Waals surface area contributed by atoms with E-state index in [9.17, 15) is 33.6 Å². The first-order chi connectivity index (χ1) is 16.8. The van der Waals surface area contributed by atoms with E-state index in [1.54, 1.807) is 6.92 Å². The van der Waals surface area contributed by atoms with Crippen LogP contribution < -0.4 is 16.0 Å². The SMILES string of the molecule is CC[C@H](C)[C@H](NC(C)=O)C(=O)N[C@@H](CCC(=O)O)C(=O)N1CCC[C@H]1C(=O)N[C@@H](CC(=O)O)C(=O)S. The number of carboxylic acids is 2. The van der Waals surface area contributed by atoms with Crippen LogP contribution in [0.1, 0.15) is 59.3 Å². The van der Waals surface area contributed by atoms with Crippen LogP contribution in [0, 0.1) is 5.92 Å². The molecule has 0 unspecified atom stereocenters. The summed E-state index contributed by atoms with van der Waals surface area (Å²) in [7, 11) is 0. The van der Waals surface area contributed by atoms with Gasteiger partial charge in [-0.25, -0.2) is 0 Å². The van der Waals surface area contributed by atoms with Crippen LogP contribution >= 0.6 is 12.6 Å². The Kier molecular flexibility index (Phi) is 12.4. The maximum Gasteiger partial charge on any atom is 0.305 e. The number of likely N-dealkylation sites (tertiary alicyclic amines) is 1. The highest BCUT2D eigenvalue weighted by molar-refractivity contribution is 7.96. The summed E-state index contributed by atoms with van der Waals surface area (Å²) >= 11 is 3.60. The fraction of sp³-hybridized carbons (Fsp3) is 0.682. The number of carbonyl (C=O) groups is 7. The summed E-state index contributed by atoms with van der Waals surface area (Å²) in [6.45, 7) is 4.94. The van der Waals surface area contributed by atoms with Crippen molar-refractivity contribution in [2.45, 2.75) is 83.5 Å². The highest BCUT2D eigenvalue weighted by Gasteiger charge is 2.39. The number of aliphatic carboxylic acids is 2. The number of hydrogen-bond acceptors (Lipinski definition) is 7. The lowest BCUT2D eigenvalue weighted by atomic mass is 9.97. The number of nitrogens with zero attached hydrogens (tertiary/aromatic N) is 1. The summed E-state index contributed by atoms with van der Waals surface area (Å²) in [4.78, 5) is 85.7. The van der Waals surface area contributed by atoms with Gasteiger partial charge in [0.05, 0.1) is 6.42 Å². The Balaban J connectivity index is 3.11. The minimum Gasteiger partial charge on any atom is -0.481 e. The largest absolute Gasteiger partial charge is 0.481 e. The second-order valence-electron chi connectivity index (χ2n) is 8.74. The van der Waals surface area contributed by atoms with Crippen molar-refractivity contribution in [2.24, 2.45) is 5.92 Å². The number of thiol groups is 1. The molecular weight excluding hydrogens is 496 g/mol. The Morgan fingerprint density at radius 1 is 1.00 bits per heavy atom. The molecule has 4 amide bonds. The first kappa shape index (κ1) is 30.9. The van der Waals surface area contributed by atoms with Crippen LogP contribution in [0.3, 0.4) is 0 Å². The number of nitrogens with one attached hydrogen (secondary N) is 3. The van der Waals surface area contributed by atoms with E-state index in [0.29, 0.717) is 12.8 Å². The predicted molar refractivity (Wildman–Crippen MR) is 129 cm³/mol. The molecule has 1 heterocycles. The highest BCUT2D eigenvalue weighted by atomic mass is 32.1. The molecule has 1 saturated heterocycles. The van der Waals surface area contributed by atoms with Crippen LogP contribution in [0.2, 0.25) is 0 Å². The third-order valence-corrected chi connectivity index (χ3v) is 6.26. The van der Waals surface area contributed by atoms with Crippen molar-refractivity contribution in [3.63, 3.8) is 0 Å². The quantitative estimate of drug-likeness (QED) is 0.157. The Morgan fingerprint density at radius 2 is 1.64 bits per heavy atom. The molecule has 1 aliphatic rings. The van der Waals surface area contributed by atoms with Gasteiger partial charge in [-0.05, 0) is 25.2 Å². The molecule has 0 radical (unpaired) electrons. The number of amides is 4. The van der Waals surface area contributed by atoms with E-state index < -0.39 is 77.7 Å². The van der Waals surface area contributed by atoms with Crippen LogP contribution in [0.4, 0.5) is 0 Å². The lowest BCUT2D eigenvalue weighted by Crippen LogP contribution is -2.58. The van der Waals surface area contributed by atoms with Gasteiger partial charge in [-0.2, -0.15) is 0 Å². The molecule has 0 spiro atoms. The molecular formula is C22H34N4O9S.